The molecule has 0 unspecified atom stereocenters. The first-order valence-electron chi connectivity index (χ1n) is 8.03. The van der Waals surface area contributed by atoms with E-state index in [0.717, 1.165) is 5.57 Å². The van der Waals surface area contributed by atoms with Crippen LogP contribution in [-0.2, 0) is 23.5 Å². The molecule has 0 amide bonds. The number of hydrogen-bond donors (Lipinski definition) is 0. The third-order valence-corrected chi connectivity index (χ3v) is 4.41. The molecule has 0 aromatic carbocycles. The van der Waals surface area contributed by atoms with Crippen LogP contribution in [0.2, 0.25) is 19.6 Å². The normalized spacial score (nSPS) is 14.5. The first-order chi connectivity index (χ1) is 11.0. The summed E-state index contributed by atoms with van der Waals surface area (Å²) in [5, 5.41) is 0. The van der Waals surface area contributed by atoms with Gasteiger partial charge in [-0.05, 0) is 44.8 Å². The second-order valence-electron chi connectivity index (χ2n) is 6.98. The van der Waals surface area contributed by atoms with E-state index in [0.29, 0.717) is 12.3 Å². The Morgan fingerprint density at radius 1 is 1.12 bits per heavy atom. The molecule has 0 heterocycles. The molecule has 0 aliphatic heterocycles. The number of esters is 2. The van der Waals surface area contributed by atoms with Crippen molar-refractivity contribution in [1.29, 1.82) is 0 Å². The van der Waals surface area contributed by atoms with Crippen molar-refractivity contribution >= 4 is 20.3 Å². The summed E-state index contributed by atoms with van der Waals surface area (Å²) in [5.74, 6) is 4.77. The second-order valence-corrected chi connectivity index (χ2v) is 11.4. The van der Waals surface area contributed by atoms with Crippen molar-refractivity contribution in [2.24, 2.45) is 11.8 Å². The molecule has 0 N–H and O–H groups in total. The summed E-state index contributed by atoms with van der Waals surface area (Å²) in [6, 6.07) is 0. The molecule has 0 rings (SSSR count). The Labute approximate surface area is 146 Å². The van der Waals surface area contributed by atoms with Gasteiger partial charge in [0.05, 0.1) is 14.2 Å². The van der Waals surface area contributed by atoms with E-state index in [9.17, 15) is 9.59 Å². The zero-order valence-electron chi connectivity index (χ0n) is 16.1. The quantitative estimate of drug-likeness (QED) is 0.231. The fourth-order valence-corrected chi connectivity index (χ4v) is 3.33. The highest BCUT2D eigenvalue weighted by atomic mass is 28.4. The van der Waals surface area contributed by atoms with Gasteiger partial charge in [0.15, 0.2) is 8.32 Å². The summed E-state index contributed by atoms with van der Waals surface area (Å²) in [4.78, 5) is 22.8. The lowest BCUT2D eigenvalue weighted by Crippen LogP contribution is -2.33. The molecule has 24 heavy (non-hydrogen) atoms. The van der Waals surface area contributed by atoms with Crippen LogP contribution < -0.4 is 0 Å². The number of hydrogen-bond acceptors (Lipinski definition) is 5. The van der Waals surface area contributed by atoms with Gasteiger partial charge in [0.25, 0.3) is 0 Å². The Hall–Kier alpha value is -1.58. The van der Waals surface area contributed by atoms with Crippen molar-refractivity contribution in [3.63, 3.8) is 0 Å². The smallest absolute Gasteiger partial charge is 0.384 e. The second kappa shape index (κ2) is 10.3. The van der Waals surface area contributed by atoms with Gasteiger partial charge in [0, 0.05) is 12.0 Å². The lowest BCUT2D eigenvalue weighted by atomic mass is 9.84. The average molecular weight is 355 g/mol. The number of allylic oxidation sites excluding steroid dienone is 1. The Bertz CT molecular complexity index is 520. The lowest BCUT2D eigenvalue weighted by molar-refractivity contribution is -0.135. The maximum atomic E-state index is 11.5. The standard InChI is InChI=1S/C18H30O5Si/c1-13(2)16(14(3)11-18(20)22-5)12-15(23-24(6,7)8)9-10-17(19)21-4/h11,13,15-16H,12H2,1-8H3/b14-11-/t15-,16+/m0/s1. The first-order valence-corrected chi connectivity index (χ1v) is 11.4. The molecule has 2 atom stereocenters. The molecule has 0 bridgehead atoms. The van der Waals surface area contributed by atoms with Crippen molar-refractivity contribution in [3.05, 3.63) is 11.6 Å². The van der Waals surface area contributed by atoms with Gasteiger partial charge in [0.1, 0.15) is 6.10 Å². The van der Waals surface area contributed by atoms with Gasteiger partial charge < -0.3 is 13.9 Å². The van der Waals surface area contributed by atoms with Gasteiger partial charge in [-0.1, -0.05) is 25.3 Å². The van der Waals surface area contributed by atoms with Crippen molar-refractivity contribution in [1.82, 2.24) is 0 Å². The molecular weight excluding hydrogens is 324 g/mol. The number of methoxy groups -OCH3 is 2. The predicted octanol–water partition coefficient (Wildman–Crippen LogP) is 3.16. The van der Waals surface area contributed by atoms with Crippen molar-refractivity contribution < 1.29 is 23.5 Å². The van der Waals surface area contributed by atoms with E-state index in [1.807, 2.05) is 6.92 Å². The molecule has 0 aromatic heterocycles. The van der Waals surface area contributed by atoms with Crippen LogP contribution in [0.4, 0.5) is 0 Å². The lowest BCUT2D eigenvalue weighted by Gasteiger charge is -2.29. The highest BCUT2D eigenvalue weighted by Gasteiger charge is 2.25. The summed E-state index contributed by atoms with van der Waals surface area (Å²) in [5.41, 5.74) is 0.917. The Morgan fingerprint density at radius 2 is 1.71 bits per heavy atom. The fraction of sp³-hybridized carbons (Fsp3) is 0.667. The molecule has 0 saturated carbocycles. The zero-order valence-corrected chi connectivity index (χ0v) is 17.1. The van der Waals surface area contributed by atoms with Crippen LogP contribution >= 0.6 is 0 Å². The Morgan fingerprint density at radius 3 is 2.12 bits per heavy atom. The number of rotatable bonds is 7. The average Bonchev–Trinajstić information content (AvgIpc) is 2.47. The Balaban J connectivity index is 5.43. The summed E-state index contributed by atoms with van der Waals surface area (Å²) in [7, 11) is 0.810. The highest BCUT2D eigenvalue weighted by molar-refractivity contribution is 6.69. The van der Waals surface area contributed by atoms with Crippen LogP contribution in [0, 0.1) is 23.7 Å². The molecule has 136 valence electrons. The minimum atomic E-state index is -1.84. The number of ether oxygens (including phenoxy) is 2. The van der Waals surface area contributed by atoms with E-state index in [1.54, 1.807) is 0 Å². The van der Waals surface area contributed by atoms with E-state index >= 15 is 0 Å². The predicted molar refractivity (Wildman–Crippen MR) is 96.7 cm³/mol. The van der Waals surface area contributed by atoms with Gasteiger partial charge >= 0.3 is 11.9 Å². The van der Waals surface area contributed by atoms with Crippen LogP contribution in [0.15, 0.2) is 11.6 Å². The van der Waals surface area contributed by atoms with E-state index in [-0.39, 0.29) is 18.0 Å². The van der Waals surface area contributed by atoms with Gasteiger partial charge in [-0.2, -0.15) is 0 Å². The van der Waals surface area contributed by atoms with E-state index < -0.39 is 14.3 Å². The first kappa shape index (κ1) is 22.4. The maximum Gasteiger partial charge on any atom is 0.384 e. The van der Waals surface area contributed by atoms with Gasteiger partial charge in [-0.3, -0.25) is 0 Å². The maximum absolute atomic E-state index is 11.5. The van der Waals surface area contributed by atoms with E-state index in [1.165, 1.54) is 20.3 Å². The van der Waals surface area contributed by atoms with Crippen molar-refractivity contribution in [2.75, 3.05) is 14.2 Å². The third-order valence-electron chi connectivity index (χ3n) is 3.42. The summed E-state index contributed by atoms with van der Waals surface area (Å²) >= 11 is 0. The van der Waals surface area contributed by atoms with Gasteiger partial charge in [-0.25, -0.2) is 9.59 Å². The molecule has 0 fully saturated rings. The van der Waals surface area contributed by atoms with Crippen LogP contribution in [0.25, 0.3) is 0 Å². The monoisotopic (exact) mass is 354 g/mol. The molecule has 0 saturated heterocycles. The third kappa shape index (κ3) is 9.53. The van der Waals surface area contributed by atoms with Crippen LogP contribution in [0.1, 0.15) is 27.2 Å². The van der Waals surface area contributed by atoms with E-state index in [2.05, 4.69) is 50.1 Å². The van der Waals surface area contributed by atoms with E-state index in [4.69, 9.17) is 9.16 Å². The van der Waals surface area contributed by atoms with Crippen LogP contribution in [-0.4, -0.2) is 40.6 Å². The van der Waals surface area contributed by atoms with Gasteiger partial charge in [-0.15, -0.1) is 0 Å². The number of carbonyl (C=O) groups is 2. The summed E-state index contributed by atoms with van der Waals surface area (Å²) in [6.45, 7) is 12.3. The summed E-state index contributed by atoms with van der Waals surface area (Å²) < 4.78 is 15.4. The minimum Gasteiger partial charge on any atom is -0.466 e. The van der Waals surface area contributed by atoms with Crippen LogP contribution in [0.5, 0.6) is 0 Å². The minimum absolute atomic E-state index is 0.0948. The Kier molecular flexibility index (Phi) is 9.64. The topological polar surface area (TPSA) is 61.8 Å². The molecule has 0 spiro atoms. The molecule has 0 radical (unpaired) electrons. The molecule has 0 aromatic rings. The summed E-state index contributed by atoms with van der Waals surface area (Å²) in [6.07, 6.45) is 1.72. The van der Waals surface area contributed by atoms with Crippen molar-refractivity contribution in [2.45, 2.75) is 52.9 Å². The SMILES string of the molecule is COC(=O)C#C[C@@H](C[C@@H](/C(C)=C\C(=O)OC)C(C)C)O[Si](C)(C)C. The molecule has 0 aliphatic carbocycles. The molecule has 5 nitrogen and oxygen atoms in total. The molecule has 6 heteroatoms. The molecular formula is C18H30O5Si. The highest BCUT2D eigenvalue weighted by Crippen LogP contribution is 2.27. The largest absolute Gasteiger partial charge is 0.466 e. The fourth-order valence-electron chi connectivity index (χ4n) is 2.32. The van der Waals surface area contributed by atoms with Crippen molar-refractivity contribution in [3.8, 4) is 11.8 Å². The zero-order chi connectivity index (χ0) is 18.9. The molecule has 0 aliphatic rings. The number of carbonyl (C=O) groups excluding carboxylic acids is 2. The van der Waals surface area contributed by atoms with Crippen LogP contribution in [0.3, 0.4) is 0 Å². The van der Waals surface area contributed by atoms with Gasteiger partial charge in [0.2, 0.25) is 0 Å².